The number of carbonyl (C=O) groups excluding carboxylic acids is 2. The summed E-state index contributed by atoms with van der Waals surface area (Å²) < 4.78 is 5.89. The van der Waals surface area contributed by atoms with E-state index in [4.69, 9.17) is 4.74 Å². The molecule has 6 nitrogen and oxygen atoms in total. The van der Waals surface area contributed by atoms with E-state index in [1.54, 1.807) is 0 Å². The van der Waals surface area contributed by atoms with Crippen LogP contribution in [0.1, 0.15) is 226 Å². The highest BCUT2D eigenvalue weighted by Crippen LogP contribution is 2.17. The molecule has 0 aromatic heterocycles. The van der Waals surface area contributed by atoms with E-state index in [0.29, 0.717) is 19.3 Å². The maximum Gasteiger partial charge on any atom is 0.306 e. The number of aliphatic hydroxyl groups is 2. The van der Waals surface area contributed by atoms with Gasteiger partial charge in [0.1, 0.15) is 6.10 Å². The lowest BCUT2D eigenvalue weighted by Crippen LogP contribution is -2.46. The second-order valence-corrected chi connectivity index (χ2v) is 16.6. The van der Waals surface area contributed by atoms with E-state index in [0.717, 1.165) is 77.0 Å². The number of allylic oxidation sites excluding steroid dienone is 12. The summed E-state index contributed by atoms with van der Waals surface area (Å²) >= 11 is 0. The van der Waals surface area contributed by atoms with E-state index >= 15 is 0 Å². The minimum atomic E-state index is -0.803. The normalized spacial score (nSPS) is 13.9. The molecular weight excluding hydrogens is 731 g/mol. The fourth-order valence-electron chi connectivity index (χ4n) is 7.09. The van der Waals surface area contributed by atoms with Crippen molar-refractivity contribution in [3.63, 3.8) is 0 Å². The molecule has 0 radical (unpaired) electrons. The van der Waals surface area contributed by atoms with Gasteiger partial charge in [-0.25, -0.2) is 0 Å². The van der Waals surface area contributed by atoms with Gasteiger partial charge >= 0.3 is 5.97 Å². The Morgan fingerprint density at radius 2 is 0.932 bits per heavy atom. The minimum absolute atomic E-state index is 0.0436. The van der Waals surface area contributed by atoms with Gasteiger partial charge < -0.3 is 20.3 Å². The van der Waals surface area contributed by atoms with Crippen molar-refractivity contribution >= 4 is 11.9 Å². The smallest absolute Gasteiger partial charge is 0.306 e. The number of hydrogen-bond acceptors (Lipinski definition) is 5. The Kier molecular flexibility index (Phi) is 44.2. The highest BCUT2D eigenvalue weighted by Gasteiger charge is 2.24. The zero-order valence-electron chi connectivity index (χ0n) is 38.6. The summed E-state index contributed by atoms with van der Waals surface area (Å²) in [5.74, 6) is -0.530. The molecule has 59 heavy (non-hydrogen) atoms. The van der Waals surface area contributed by atoms with Crippen molar-refractivity contribution in [2.45, 2.75) is 244 Å². The number of carbonyl (C=O) groups is 2. The van der Waals surface area contributed by atoms with Crippen molar-refractivity contribution in [1.29, 1.82) is 0 Å². The van der Waals surface area contributed by atoms with Gasteiger partial charge in [-0.15, -0.1) is 0 Å². The predicted octanol–water partition coefficient (Wildman–Crippen LogP) is 14.6. The van der Waals surface area contributed by atoms with E-state index in [1.165, 1.54) is 103 Å². The van der Waals surface area contributed by atoms with Crippen molar-refractivity contribution in [3.05, 3.63) is 72.9 Å². The number of ether oxygens (including phenoxy) is 1. The Hall–Kier alpha value is -2.70. The molecule has 0 aliphatic rings. The van der Waals surface area contributed by atoms with Crippen molar-refractivity contribution in [1.82, 2.24) is 5.32 Å². The summed E-state index contributed by atoms with van der Waals surface area (Å²) in [6.45, 7) is 6.33. The fourth-order valence-corrected chi connectivity index (χ4v) is 7.09. The molecule has 0 aromatic rings. The summed E-state index contributed by atoms with van der Waals surface area (Å²) in [5.41, 5.74) is 0. The number of amides is 1. The average Bonchev–Trinajstić information content (AvgIpc) is 3.23. The van der Waals surface area contributed by atoms with Gasteiger partial charge in [-0.3, -0.25) is 9.59 Å². The van der Waals surface area contributed by atoms with Gasteiger partial charge in [-0.05, 0) is 64.2 Å². The van der Waals surface area contributed by atoms with Crippen LogP contribution in [0.4, 0.5) is 0 Å². The van der Waals surface area contributed by atoms with E-state index < -0.39 is 18.2 Å². The molecule has 0 aliphatic heterocycles. The zero-order valence-corrected chi connectivity index (χ0v) is 38.6. The third-order valence-corrected chi connectivity index (χ3v) is 10.9. The van der Waals surface area contributed by atoms with Crippen molar-refractivity contribution in [2.24, 2.45) is 0 Å². The van der Waals surface area contributed by atoms with Crippen LogP contribution in [-0.4, -0.2) is 46.9 Å². The fraction of sp³-hybridized carbons (Fsp3) is 0.736. The second kappa shape index (κ2) is 46.4. The lowest BCUT2D eigenvalue weighted by Gasteiger charge is -2.24. The maximum absolute atomic E-state index is 13.2. The van der Waals surface area contributed by atoms with E-state index in [9.17, 15) is 19.8 Å². The standard InChI is InChI=1S/C53H93NO5/c1-4-7-10-13-16-19-22-24-25-26-28-30-32-35-38-41-44-49(59-53(58)46-43-40-37-34-29-21-18-15-12-9-6-3)47-52(57)54-50(48-55)51(56)45-42-39-36-33-31-27-23-20-17-14-11-8-5-2/h10,13,15-16,18-19,22,24-26,28,30,49-51,55-56H,4-9,11-12,14,17,20-21,23,27,29,31-48H2,1-3H3,(H,54,57)/b13-10+,18-15-,19-16+,24-22+,26-25+,30-28+. The lowest BCUT2D eigenvalue weighted by atomic mass is 10.0. The monoisotopic (exact) mass is 824 g/mol. The van der Waals surface area contributed by atoms with Crippen LogP contribution in [0, 0.1) is 0 Å². The van der Waals surface area contributed by atoms with Crippen molar-refractivity contribution in [3.8, 4) is 0 Å². The molecule has 0 fully saturated rings. The van der Waals surface area contributed by atoms with Gasteiger partial charge in [0.25, 0.3) is 0 Å². The van der Waals surface area contributed by atoms with Crippen molar-refractivity contribution < 1.29 is 24.5 Å². The summed E-state index contributed by atoms with van der Waals surface area (Å²) in [5, 5.41) is 23.7. The number of unbranched alkanes of at least 4 members (excludes halogenated alkanes) is 23. The van der Waals surface area contributed by atoms with E-state index in [1.807, 2.05) is 36.5 Å². The number of rotatable bonds is 43. The Bertz CT molecular complexity index is 1110. The van der Waals surface area contributed by atoms with Gasteiger partial charge in [0.15, 0.2) is 0 Å². The second-order valence-electron chi connectivity index (χ2n) is 16.6. The molecule has 1 amide bonds. The summed E-state index contributed by atoms with van der Waals surface area (Å²) in [7, 11) is 0. The van der Waals surface area contributed by atoms with Crippen LogP contribution in [0.2, 0.25) is 0 Å². The molecule has 3 unspecified atom stereocenters. The van der Waals surface area contributed by atoms with Crippen LogP contribution in [0.5, 0.6) is 0 Å². The van der Waals surface area contributed by atoms with Gasteiger partial charge in [-0.1, -0.05) is 222 Å². The summed E-state index contributed by atoms with van der Waals surface area (Å²) in [6, 6.07) is -0.719. The third kappa shape index (κ3) is 41.8. The predicted molar refractivity (Wildman–Crippen MR) is 255 cm³/mol. The molecule has 0 rings (SSSR count). The first-order valence-electron chi connectivity index (χ1n) is 24.7. The molecule has 6 heteroatoms. The first-order chi connectivity index (χ1) is 29.0. The topological polar surface area (TPSA) is 95.9 Å². The quantitative estimate of drug-likeness (QED) is 0.0246. The van der Waals surface area contributed by atoms with Gasteiger partial charge in [0.2, 0.25) is 5.91 Å². The third-order valence-electron chi connectivity index (χ3n) is 10.9. The van der Waals surface area contributed by atoms with Crippen LogP contribution in [0.25, 0.3) is 0 Å². The van der Waals surface area contributed by atoms with Crippen LogP contribution in [0.15, 0.2) is 72.9 Å². The highest BCUT2D eigenvalue weighted by atomic mass is 16.5. The molecule has 0 saturated carbocycles. The Labute approximate surface area is 364 Å². The minimum Gasteiger partial charge on any atom is -0.462 e. The lowest BCUT2D eigenvalue weighted by molar-refractivity contribution is -0.151. The van der Waals surface area contributed by atoms with Gasteiger partial charge in [0.05, 0.1) is 25.2 Å². The van der Waals surface area contributed by atoms with Crippen LogP contribution in [-0.2, 0) is 14.3 Å². The number of nitrogens with one attached hydrogen (secondary N) is 1. The first-order valence-corrected chi connectivity index (χ1v) is 24.7. The summed E-state index contributed by atoms with van der Waals surface area (Å²) in [4.78, 5) is 26.1. The highest BCUT2D eigenvalue weighted by molar-refractivity contribution is 5.77. The Balaban J connectivity index is 4.70. The first kappa shape index (κ1) is 56.3. The molecule has 0 aliphatic carbocycles. The summed E-state index contributed by atoms with van der Waals surface area (Å²) in [6.07, 6.45) is 58.1. The molecule has 3 atom stereocenters. The van der Waals surface area contributed by atoms with Gasteiger partial charge in [-0.2, -0.15) is 0 Å². The Morgan fingerprint density at radius 1 is 0.492 bits per heavy atom. The Morgan fingerprint density at radius 3 is 1.49 bits per heavy atom. The number of esters is 1. The van der Waals surface area contributed by atoms with Crippen LogP contribution >= 0.6 is 0 Å². The van der Waals surface area contributed by atoms with Crippen LogP contribution < -0.4 is 5.32 Å². The molecule has 0 saturated heterocycles. The van der Waals surface area contributed by atoms with E-state index in [2.05, 4.69) is 62.5 Å². The van der Waals surface area contributed by atoms with Gasteiger partial charge in [0, 0.05) is 6.42 Å². The van der Waals surface area contributed by atoms with Crippen molar-refractivity contribution in [2.75, 3.05) is 6.61 Å². The molecule has 0 bridgehead atoms. The molecular formula is C53H93NO5. The largest absolute Gasteiger partial charge is 0.462 e. The number of hydrogen-bond donors (Lipinski definition) is 3. The molecule has 0 spiro atoms. The number of aliphatic hydroxyl groups excluding tert-OH is 2. The SMILES string of the molecule is CCC/C=C/C=C/C=C/C=C/C=C/CCCCCC(CC(=O)NC(CO)C(O)CCCCCCCCCCCCCCC)OC(=O)CCCCCCC/C=C\CCCC. The molecule has 0 aromatic carbocycles. The molecule has 3 N–H and O–H groups in total. The van der Waals surface area contributed by atoms with Crippen LogP contribution in [0.3, 0.4) is 0 Å². The maximum atomic E-state index is 13.2. The van der Waals surface area contributed by atoms with E-state index in [-0.39, 0.29) is 24.9 Å². The molecule has 340 valence electrons. The average molecular weight is 824 g/mol. The zero-order chi connectivity index (χ0) is 43.1. The molecule has 0 heterocycles.